The second-order valence-corrected chi connectivity index (χ2v) is 3.98. The topological polar surface area (TPSA) is 46.9 Å². The number of hydrogen-bond acceptors (Lipinski definition) is 2. The van der Waals surface area contributed by atoms with Gasteiger partial charge in [0.1, 0.15) is 0 Å². The van der Waals surface area contributed by atoms with E-state index in [2.05, 4.69) is 10.4 Å². The third-order valence-electron chi connectivity index (χ3n) is 2.72. The maximum absolute atomic E-state index is 11.8. The van der Waals surface area contributed by atoms with E-state index in [0.29, 0.717) is 6.42 Å². The van der Waals surface area contributed by atoms with Crippen molar-refractivity contribution in [3.8, 4) is 0 Å². The van der Waals surface area contributed by atoms with Crippen molar-refractivity contribution in [3.05, 3.63) is 47.8 Å². The minimum Gasteiger partial charge on any atom is -0.323 e. The van der Waals surface area contributed by atoms with Crippen molar-refractivity contribution in [1.29, 1.82) is 0 Å². The van der Waals surface area contributed by atoms with Gasteiger partial charge >= 0.3 is 0 Å². The first-order valence-corrected chi connectivity index (χ1v) is 5.49. The van der Waals surface area contributed by atoms with Crippen molar-refractivity contribution in [2.24, 2.45) is 7.05 Å². The van der Waals surface area contributed by atoms with E-state index in [1.165, 1.54) is 0 Å². The molecule has 4 heteroatoms. The molecule has 0 spiro atoms. The molecule has 0 saturated carbocycles. The van der Waals surface area contributed by atoms with Gasteiger partial charge in [0.15, 0.2) is 0 Å². The normalized spacial score (nSPS) is 10.2. The smallest absolute Gasteiger partial charge is 0.228 e. The first-order chi connectivity index (χ1) is 8.16. The van der Waals surface area contributed by atoms with E-state index in [4.69, 9.17) is 0 Å². The van der Waals surface area contributed by atoms with E-state index in [-0.39, 0.29) is 5.91 Å². The van der Waals surface area contributed by atoms with Gasteiger partial charge in [0.05, 0.1) is 24.0 Å². The predicted molar refractivity (Wildman–Crippen MR) is 66.7 cm³/mol. The maximum atomic E-state index is 11.8. The summed E-state index contributed by atoms with van der Waals surface area (Å²) >= 11 is 0. The largest absolute Gasteiger partial charge is 0.323 e. The molecule has 1 aromatic heterocycles. The molecule has 4 nitrogen and oxygen atoms in total. The van der Waals surface area contributed by atoms with Gasteiger partial charge in [0, 0.05) is 7.05 Å². The Morgan fingerprint density at radius 3 is 2.65 bits per heavy atom. The molecule has 1 aromatic carbocycles. The zero-order chi connectivity index (χ0) is 12.3. The van der Waals surface area contributed by atoms with Crippen molar-refractivity contribution in [2.45, 2.75) is 13.3 Å². The Morgan fingerprint density at radius 1 is 1.35 bits per heavy atom. The Kier molecular flexibility index (Phi) is 3.23. The van der Waals surface area contributed by atoms with Gasteiger partial charge in [-0.2, -0.15) is 5.10 Å². The molecule has 0 radical (unpaired) electrons. The number of hydrogen-bond donors (Lipinski definition) is 1. The molecule has 0 aliphatic heterocycles. The third kappa shape index (κ3) is 2.72. The number of anilines is 1. The third-order valence-corrected chi connectivity index (χ3v) is 2.72. The summed E-state index contributed by atoms with van der Waals surface area (Å²) < 4.78 is 1.73. The number of nitrogens with one attached hydrogen (secondary N) is 1. The molecule has 2 aromatic rings. The highest BCUT2D eigenvalue weighted by Crippen LogP contribution is 2.12. The summed E-state index contributed by atoms with van der Waals surface area (Å²) in [6, 6.07) is 9.67. The number of carbonyl (C=O) groups is 1. The lowest BCUT2D eigenvalue weighted by atomic mass is 10.1. The van der Waals surface area contributed by atoms with Crippen LogP contribution in [0.25, 0.3) is 0 Å². The second kappa shape index (κ2) is 4.82. The van der Waals surface area contributed by atoms with E-state index in [0.717, 1.165) is 16.9 Å². The van der Waals surface area contributed by atoms with Crippen molar-refractivity contribution in [2.75, 3.05) is 5.32 Å². The number of amides is 1. The Labute approximate surface area is 100 Å². The second-order valence-electron chi connectivity index (χ2n) is 3.98. The summed E-state index contributed by atoms with van der Waals surface area (Å²) in [5.41, 5.74) is 2.73. The van der Waals surface area contributed by atoms with Crippen LogP contribution in [-0.2, 0) is 18.3 Å². The van der Waals surface area contributed by atoms with Crippen LogP contribution in [0.2, 0.25) is 0 Å². The van der Waals surface area contributed by atoms with Gasteiger partial charge in [0.2, 0.25) is 5.91 Å². The summed E-state index contributed by atoms with van der Waals surface area (Å²) in [5.74, 6) is -0.0210. The molecular weight excluding hydrogens is 214 g/mol. The zero-order valence-electron chi connectivity index (χ0n) is 9.97. The maximum Gasteiger partial charge on any atom is 0.228 e. The minimum atomic E-state index is -0.0210. The van der Waals surface area contributed by atoms with Gasteiger partial charge in [-0.15, -0.1) is 0 Å². The van der Waals surface area contributed by atoms with Gasteiger partial charge in [0.25, 0.3) is 0 Å². The summed E-state index contributed by atoms with van der Waals surface area (Å²) in [5, 5.41) is 6.94. The molecule has 2 rings (SSSR count). The summed E-state index contributed by atoms with van der Waals surface area (Å²) in [6.45, 7) is 1.92. The van der Waals surface area contributed by atoms with E-state index < -0.39 is 0 Å². The molecule has 0 fully saturated rings. The van der Waals surface area contributed by atoms with Crippen LogP contribution in [0.3, 0.4) is 0 Å². The molecule has 0 unspecified atom stereocenters. The number of aromatic nitrogens is 2. The average Bonchev–Trinajstić information content (AvgIpc) is 2.62. The van der Waals surface area contributed by atoms with E-state index in [1.807, 2.05) is 44.3 Å². The van der Waals surface area contributed by atoms with Crippen LogP contribution in [0.4, 0.5) is 5.69 Å². The molecule has 0 atom stereocenters. The lowest BCUT2D eigenvalue weighted by Crippen LogP contribution is -2.14. The predicted octanol–water partition coefficient (Wildman–Crippen LogP) is 1.91. The van der Waals surface area contributed by atoms with Crippen LogP contribution in [0.5, 0.6) is 0 Å². The lowest BCUT2D eigenvalue weighted by molar-refractivity contribution is -0.115. The molecule has 1 heterocycles. The van der Waals surface area contributed by atoms with Crippen LogP contribution in [0, 0.1) is 6.92 Å². The molecule has 0 aliphatic carbocycles. The first-order valence-electron chi connectivity index (χ1n) is 5.49. The Bertz CT molecular complexity index is 517. The highest BCUT2D eigenvalue weighted by Gasteiger charge is 2.08. The number of benzene rings is 1. The van der Waals surface area contributed by atoms with Gasteiger partial charge in [-0.3, -0.25) is 9.48 Å². The summed E-state index contributed by atoms with van der Waals surface area (Å²) in [4.78, 5) is 11.8. The number of carbonyl (C=O) groups excluding carboxylic acids is 1. The summed E-state index contributed by atoms with van der Waals surface area (Å²) in [7, 11) is 1.85. The van der Waals surface area contributed by atoms with E-state index in [1.54, 1.807) is 10.9 Å². The molecular formula is C13H15N3O. The van der Waals surface area contributed by atoms with E-state index in [9.17, 15) is 4.79 Å². The van der Waals surface area contributed by atoms with Crippen LogP contribution in [0.15, 0.2) is 36.5 Å². The molecule has 17 heavy (non-hydrogen) atoms. The van der Waals surface area contributed by atoms with Crippen molar-refractivity contribution in [1.82, 2.24) is 9.78 Å². The van der Waals surface area contributed by atoms with Gasteiger partial charge < -0.3 is 5.32 Å². The number of nitrogens with zero attached hydrogens (tertiary/aromatic N) is 2. The molecule has 0 bridgehead atoms. The van der Waals surface area contributed by atoms with E-state index >= 15 is 0 Å². The van der Waals surface area contributed by atoms with Gasteiger partial charge in [-0.05, 0) is 12.5 Å². The van der Waals surface area contributed by atoms with Gasteiger partial charge in [-0.25, -0.2) is 0 Å². The zero-order valence-corrected chi connectivity index (χ0v) is 9.97. The monoisotopic (exact) mass is 229 g/mol. The van der Waals surface area contributed by atoms with Crippen molar-refractivity contribution < 1.29 is 4.79 Å². The summed E-state index contributed by atoms with van der Waals surface area (Å²) in [6.07, 6.45) is 2.05. The Balaban J connectivity index is 2.01. The highest BCUT2D eigenvalue weighted by atomic mass is 16.1. The fourth-order valence-electron chi connectivity index (χ4n) is 1.60. The average molecular weight is 229 g/mol. The SMILES string of the molecule is Cc1c(NC(=O)Cc2ccccc2)cnn1C. The molecule has 1 amide bonds. The molecule has 0 saturated heterocycles. The van der Waals surface area contributed by atoms with Crippen LogP contribution in [0.1, 0.15) is 11.3 Å². The van der Waals surface area contributed by atoms with Crippen LogP contribution in [-0.4, -0.2) is 15.7 Å². The fraction of sp³-hybridized carbons (Fsp3) is 0.231. The fourth-order valence-corrected chi connectivity index (χ4v) is 1.60. The number of rotatable bonds is 3. The minimum absolute atomic E-state index is 0.0210. The van der Waals surface area contributed by atoms with Crippen molar-refractivity contribution in [3.63, 3.8) is 0 Å². The quantitative estimate of drug-likeness (QED) is 0.874. The first kappa shape index (κ1) is 11.4. The van der Waals surface area contributed by atoms with Crippen LogP contribution >= 0.6 is 0 Å². The number of aryl methyl sites for hydroxylation is 1. The Hall–Kier alpha value is -2.10. The molecule has 88 valence electrons. The van der Waals surface area contributed by atoms with Crippen molar-refractivity contribution >= 4 is 11.6 Å². The molecule has 1 N–H and O–H groups in total. The standard InChI is InChI=1S/C13H15N3O/c1-10-12(9-14-16(10)2)15-13(17)8-11-6-4-3-5-7-11/h3-7,9H,8H2,1-2H3,(H,15,17). The van der Waals surface area contributed by atoms with Gasteiger partial charge in [-0.1, -0.05) is 30.3 Å². The van der Waals surface area contributed by atoms with Crippen LogP contribution < -0.4 is 5.32 Å². The highest BCUT2D eigenvalue weighted by molar-refractivity contribution is 5.92. The Morgan fingerprint density at radius 2 is 2.06 bits per heavy atom. The lowest BCUT2D eigenvalue weighted by Gasteiger charge is -2.04. The molecule has 0 aliphatic rings.